The third-order valence-corrected chi connectivity index (χ3v) is 6.17. The van der Waals surface area contributed by atoms with Crippen molar-refractivity contribution in [3.63, 3.8) is 0 Å². The third kappa shape index (κ3) is 2.94. The van der Waals surface area contributed by atoms with Crippen LogP contribution in [0, 0.1) is 11.7 Å². The van der Waals surface area contributed by atoms with Gasteiger partial charge in [0, 0.05) is 36.9 Å². The highest BCUT2D eigenvalue weighted by Gasteiger charge is 2.37. The van der Waals surface area contributed by atoms with E-state index in [1.165, 1.54) is 23.5 Å². The average Bonchev–Trinajstić information content (AvgIpc) is 3.18. The molecule has 0 unspecified atom stereocenters. The molecule has 6 heteroatoms. The topological polar surface area (TPSA) is 32.8 Å². The number of halogens is 1. The van der Waals surface area contributed by atoms with E-state index in [4.69, 9.17) is 4.74 Å². The maximum Gasteiger partial charge on any atom is 0.264 e. The number of likely N-dealkylation sites (tertiary alicyclic amines) is 1. The number of hydrogen-bond donors (Lipinski definition) is 0. The lowest BCUT2D eigenvalue weighted by Gasteiger charge is -2.33. The van der Waals surface area contributed by atoms with E-state index in [1.54, 1.807) is 6.07 Å². The molecular formula is C18H21FN2O2S. The van der Waals surface area contributed by atoms with E-state index in [1.807, 2.05) is 11.0 Å². The normalized spacial score (nSPS) is 25.5. The molecule has 0 aliphatic carbocycles. The Balaban J connectivity index is 1.51. The van der Waals surface area contributed by atoms with Crippen LogP contribution in [0.25, 0.3) is 10.1 Å². The number of benzene rings is 1. The van der Waals surface area contributed by atoms with Crippen LogP contribution in [0.15, 0.2) is 24.3 Å². The largest absolute Gasteiger partial charge is 0.379 e. The van der Waals surface area contributed by atoms with E-state index in [0.717, 1.165) is 49.5 Å². The lowest BCUT2D eigenvalue weighted by atomic mass is 10.0. The molecule has 3 heterocycles. The fraction of sp³-hybridized carbons (Fsp3) is 0.500. The molecule has 0 saturated carbocycles. The fourth-order valence-corrected chi connectivity index (χ4v) is 4.79. The van der Waals surface area contributed by atoms with E-state index < -0.39 is 0 Å². The van der Waals surface area contributed by atoms with Crippen molar-refractivity contribution in [2.75, 3.05) is 39.4 Å². The Morgan fingerprint density at radius 1 is 1.25 bits per heavy atom. The number of nitrogens with zero attached hydrogens (tertiary/aromatic N) is 2. The first-order valence-electron chi connectivity index (χ1n) is 8.42. The number of ether oxygens (including phenoxy) is 1. The van der Waals surface area contributed by atoms with Crippen molar-refractivity contribution < 1.29 is 13.9 Å². The van der Waals surface area contributed by atoms with Crippen LogP contribution in [-0.2, 0) is 4.74 Å². The maximum absolute atomic E-state index is 13.3. The van der Waals surface area contributed by atoms with Crippen LogP contribution >= 0.6 is 11.3 Å². The smallest absolute Gasteiger partial charge is 0.264 e. The lowest BCUT2D eigenvalue weighted by Crippen LogP contribution is -2.47. The van der Waals surface area contributed by atoms with Gasteiger partial charge in [-0.25, -0.2) is 4.39 Å². The van der Waals surface area contributed by atoms with Gasteiger partial charge in [-0.15, -0.1) is 11.3 Å². The van der Waals surface area contributed by atoms with Crippen molar-refractivity contribution in [2.45, 2.75) is 13.0 Å². The Morgan fingerprint density at radius 2 is 2.04 bits per heavy atom. The maximum atomic E-state index is 13.3. The quantitative estimate of drug-likeness (QED) is 0.837. The summed E-state index contributed by atoms with van der Waals surface area (Å²) in [4.78, 5) is 18.0. The summed E-state index contributed by atoms with van der Waals surface area (Å²) in [6.07, 6.45) is 0. The van der Waals surface area contributed by atoms with E-state index in [9.17, 15) is 9.18 Å². The first-order chi connectivity index (χ1) is 11.6. The van der Waals surface area contributed by atoms with Crippen LogP contribution in [0.4, 0.5) is 4.39 Å². The summed E-state index contributed by atoms with van der Waals surface area (Å²) in [5, 5.41) is 0.806. The number of hydrogen-bond acceptors (Lipinski definition) is 4. The standard InChI is InChI=1S/C18H21FN2O2S/c1-12-10-21(11-15(12)20-4-6-23-7-5-20)18(22)17-9-13-8-14(19)2-3-16(13)24-17/h2-3,8-9,12,15H,4-7,10-11H2,1H3/t12-,15+/m1/s1. The second kappa shape index (κ2) is 6.43. The van der Waals surface area contributed by atoms with Crippen LogP contribution in [0.2, 0.25) is 0 Å². The van der Waals surface area contributed by atoms with Gasteiger partial charge >= 0.3 is 0 Å². The zero-order chi connectivity index (χ0) is 16.7. The number of amides is 1. The van der Waals surface area contributed by atoms with Crippen LogP contribution < -0.4 is 0 Å². The molecule has 1 amide bonds. The van der Waals surface area contributed by atoms with E-state index in [0.29, 0.717) is 16.8 Å². The summed E-state index contributed by atoms with van der Waals surface area (Å²) in [6.45, 7) is 7.20. The van der Waals surface area contributed by atoms with Crippen molar-refractivity contribution in [1.82, 2.24) is 9.80 Å². The second-order valence-electron chi connectivity index (χ2n) is 6.70. The highest BCUT2D eigenvalue weighted by molar-refractivity contribution is 7.20. The third-order valence-electron chi connectivity index (χ3n) is 5.06. The van der Waals surface area contributed by atoms with Gasteiger partial charge in [-0.2, -0.15) is 0 Å². The van der Waals surface area contributed by atoms with Gasteiger partial charge in [0.25, 0.3) is 5.91 Å². The lowest BCUT2D eigenvalue weighted by molar-refractivity contribution is 0.0119. The molecular weight excluding hydrogens is 327 g/mol. The number of fused-ring (bicyclic) bond motifs is 1. The summed E-state index contributed by atoms with van der Waals surface area (Å²) in [5.41, 5.74) is 0. The van der Waals surface area contributed by atoms with Gasteiger partial charge in [-0.1, -0.05) is 6.92 Å². The van der Waals surface area contributed by atoms with Crippen molar-refractivity contribution >= 4 is 27.3 Å². The molecule has 0 spiro atoms. The summed E-state index contributed by atoms with van der Waals surface area (Å²) >= 11 is 1.45. The molecule has 1 aromatic heterocycles. The van der Waals surface area contributed by atoms with Gasteiger partial charge in [0.1, 0.15) is 5.82 Å². The Labute approximate surface area is 144 Å². The SMILES string of the molecule is C[C@@H]1CN(C(=O)c2cc3cc(F)ccc3s2)C[C@@H]1N1CCOCC1. The molecule has 4 nitrogen and oxygen atoms in total. The molecule has 2 fully saturated rings. The minimum atomic E-state index is -0.263. The van der Waals surface area contributed by atoms with Gasteiger partial charge < -0.3 is 9.64 Å². The van der Waals surface area contributed by atoms with Gasteiger partial charge in [0.15, 0.2) is 0 Å². The fourth-order valence-electron chi connectivity index (χ4n) is 3.78. The Hall–Kier alpha value is -1.50. The molecule has 2 saturated heterocycles. The highest BCUT2D eigenvalue weighted by atomic mass is 32.1. The number of carbonyl (C=O) groups is 1. The molecule has 0 N–H and O–H groups in total. The predicted molar refractivity (Wildman–Crippen MR) is 93.0 cm³/mol. The predicted octanol–water partition coefficient (Wildman–Crippen LogP) is 2.83. The van der Waals surface area contributed by atoms with Crippen molar-refractivity contribution in [3.05, 3.63) is 35.0 Å². The van der Waals surface area contributed by atoms with E-state index >= 15 is 0 Å². The molecule has 0 bridgehead atoms. The number of morpholine rings is 1. The molecule has 2 atom stereocenters. The molecule has 0 radical (unpaired) electrons. The molecule has 2 aromatic rings. The zero-order valence-corrected chi connectivity index (χ0v) is 14.5. The van der Waals surface area contributed by atoms with Crippen LogP contribution in [0.5, 0.6) is 0 Å². The van der Waals surface area contributed by atoms with E-state index in [2.05, 4.69) is 11.8 Å². The Kier molecular flexibility index (Phi) is 4.28. The van der Waals surface area contributed by atoms with Crippen LogP contribution in [-0.4, -0.2) is 61.1 Å². The van der Waals surface area contributed by atoms with Gasteiger partial charge in [0.2, 0.25) is 0 Å². The van der Waals surface area contributed by atoms with Gasteiger partial charge in [0.05, 0.1) is 18.1 Å². The van der Waals surface area contributed by atoms with Crippen molar-refractivity contribution in [3.8, 4) is 0 Å². The second-order valence-corrected chi connectivity index (χ2v) is 7.78. The minimum absolute atomic E-state index is 0.0687. The number of carbonyl (C=O) groups excluding carboxylic acids is 1. The Morgan fingerprint density at radius 3 is 2.83 bits per heavy atom. The summed E-state index contributed by atoms with van der Waals surface area (Å²) in [5.74, 6) is 0.263. The summed E-state index contributed by atoms with van der Waals surface area (Å²) < 4.78 is 19.7. The van der Waals surface area contributed by atoms with Gasteiger partial charge in [-0.05, 0) is 35.6 Å². The number of thiophene rings is 1. The minimum Gasteiger partial charge on any atom is -0.379 e. The van der Waals surface area contributed by atoms with Crippen LogP contribution in [0.1, 0.15) is 16.6 Å². The Bertz CT molecular complexity index is 757. The van der Waals surface area contributed by atoms with E-state index in [-0.39, 0.29) is 11.7 Å². The first kappa shape index (κ1) is 16.0. The monoisotopic (exact) mass is 348 g/mol. The molecule has 24 heavy (non-hydrogen) atoms. The molecule has 2 aliphatic rings. The zero-order valence-electron chi connectivity index (χ0n) is 13.7. The molecule has 1 aromatic carbocycles. The molecule has 4 rings (SSSR count). The van der Waals surface area contributed by atoms with Crippen molar-refractivity contribution in [2.24, 2.45) is 5.92 Å². The van der Waals surface area contributed by atoms with Crippen molar-refractivity contribution in [1.29, 1.82) is 0 Å². The average molecular weight is 348 g/mol. The first-order valence-corrected chi connectivity index (χ1v) is 9.23. The van der Waals surface area contributed by atoms with Crippen LogP contribution in [0.3, 0.4) is 0 Å². The molecule has 2 aliphatic heterocycles. The molecule has 128 valence electrons. The summed E-state index contributed by atoms with van der Waals surface area (Å²) in [6, 6.07) is 6.91. The number of rotatable bonds is 2. The summed E-state index contributed by atoms with van der Waals surface area (Å²) in [7, 11) is 0. The highest BCUT2D eigenvalue weighted by Crippen LogP contribution is 2.30. The van der Waals surface area contributed by atoms with Gasteiger partial charge in [-0.3, -0.25) is 9.69 Å².